The van der Waals surface area contributed by atoms with Gasteiger partial charge in [0.1, 0.15) is 12.1 Å². The maximum absolute atomic E-state index is 12.9. The van der Waals surface area contributed by atoms with Crippen molar-refractivity contribution >= 4 is 0 Å². The number of nitrogens with zero attached hydrogens (tertiary/aromatic N) is 1. The van der Waals surface area contributed by atoms with Crippen LogP contribution < -0.4 is 5.32 Å². The summed E-state index contributed by atoms with van der Waals surface area (Å²) in [6.45, 7) is 2.85. The molecule has 5 heteroatoms. The van der Waals surface area contributed by atoms with Gasteiger partial charge in [0.15, 0.2) is 0 Å². The smallest absolute Gasteiger partial charge is 0.226 e. The summed E-state index contributed by atoms with van der Waals surface area (Å²) < 4.78 is 18.4. The maximum atomic E-state index is 12.9. The van der Waals surface area contributed by atoms with E-state index in [9.17, 15) is 9.50 Å². The SMILES string of the molecule is Cc1ccc(-c2nc(CNCC(O)c3ccc(F)cc3)co2)cc1. The second-order valence-corrected chi connectivity index (χ2v) is 5.71. The molecule has 124 valence electrons. The molecule has 0 fully saturated rings. The standard InChI is InChI=1S/C19H19FN2O2/c1-13-2-4-15(5-3-13)19-22-17(12-24-19)10-21-11-18(23)14-6-8-16(20)9-7-14/h2-9,12,18,21,23H,10-11H2,1H3. The topological polar surface area (TPSA) is 58.3 Å². The highest BCUT2D eigenvalue weighted by Gasteiger charge is 2.09. The minimum absolute atomic E-state index is 0.315. The lowest BCUT2D eigenvalue weighted by Crippen LogP contribution is -2.21. The van der Waals surface area contributed by atoms with E-state index < -0.39 is 6.10 Å². The molecule has 0 amide bonds. The molecule has 3 rings (SSSR count). The largest absolute Gasteiger partial charge is 0.444 e. The van der Waals surface area contributed by atoms with E-state index in [-0.39, 0.29) is 5.82 Å². The first-order chi connectivity index (χ1) is 11.6. The van der Waals surface area contributed by atoms with E-state index in [0.29, 0.717) is 24.5 Å². The molecule has 3 aromatic rings. The summed E-state index contributed by atoms with van der Waals surface area (Å²) in [6.07, 6.45) is 0.904. The minimum Gasteiger partial charge on any atom is -0.444 e. The third kappa shape index (κ3) is 4.07. The number of benzene rings is 2. The lowest BCUT2D eigenvalue weighted by Gasteiger charge is -2.11. The van der Waals surface area contributed by atoms with Gasteiger partial charge in [0.25, 0.3) is 0 Å². The van der Waals surface area contributed by atoms with Crippen LogP contribution in [0.15, 0.2) is 59.2 Å². The molecule has 2 N–H and O–H groups in total. The molecule has 24 heavy (non-hydrogen) atoms. The summed E-state index contributed by atoms with van der Waals surface area (Å²) >= 11 is 0. The highest BCUT2D eigenvalue weighted by molar-refractivity contribution is 5.53. The van der Waals surface area contributed by atoms with Gasteiger partial charge in [0.05, 0.1) is 11.8 Å². The number of hydrogen-bond donors (Lipinski definition) is 2. The van der Waals surface area contributed by atoms with Crippen LogP contribution in [0, 0.1) is 12.7 Å². The quantitative estimate of drug-likeness (QED) is 0.726. The van der Waals surface area contributed by atoms with Gasteiger partial charge in [0, 0.05) is 18.7 Å². The second-order valence-electron chi connectivity index (χ2n) is 5.71. The summed E-state index contributed by atoms with van der Waals surface area (Å²) in [5.74, 6) is 0.260. The number of aliphatic hydroxyl groups excluding tert-OH is 1. The van der Waals surface area contributed by atoms with Crippen LogP contribution in [-0.2, 0) is 6.54 Å². The number of nitrogens with one attached hydrogen (secondary N) is 1. The molecule has 0 bridgehead atoms. The first-order valence-electron chi connectivity index (χ1n) is 7.77. The highest BCUT2D eigenvalue weighted by atomic mass is 19.1. The zero-order valence-corrected chi connectivity index (χ0v) is 13.4. The Morgan fingerprint density at radius 1 is 1.12 bits per heavy atom. The van der Waals surface area contributed by atoms with Gasteiger partial charge in [-0.15, -0.1) is 0 Å². The van der Waals surface area contributed by atoms with Gasteiger partial charge in [0.2, 0.25) is 5.89 Å². The fourth-order valence-corrected chi connectivity index (χ4v) is 2.36. The zero-order chi connectivity index (χ0) is 16.9. The van der Waals surface area contributed by atoms with Crippen molar-refractivity contribution in [3.8, 4) is 11.5 Å². The Morgan fingerprint density at radius 2 is 1.83 bits per heavy atom. The van der Waals surface area contributed by atoms with E-state index in [1.165, 1.54) is 17.7 Å². The Hall–Kier alpha value is -2.50. The van der Waals surface area contributed by atoms with Crippen molar-refractivity contribution in [3.63, 3.8) is 0 Å². The molecule has 0 aliphatic carbocycles. The van der Waals surface area contributed by atoms with Gasteiger partial charge in [-0.3, -0.25) is 0 Å². The van der Waals surface area contributed by atoms with E-state index in [1.54, 1.807) is 18.4 Å². The van der Waals surface area contributed by atoms with Crippen molar-refractivity contribution in [3.05, 3.63) is 77.4 Å². The van der Waals surface area contributed by atoms with Gasteiger partial charge >= 0.3 is 0 Å². The van der Waals surface area contributed by atoms with Crippen molar-refractivity contribution in [1.82, 2.24) is 10.3 Å². The summed E-state index contributed by atoms with van der Waals surface area (Å²) in [5, 5.41) is 13.2. The highest BCUT2D eigenvalue weighted by Crippen LogP contribution is 2.19. The van der Waals surface area contributed by atoms with E-state index in [4.69, 9.17) is 4.42 Å². The number of aliphatic hydroxyl groups is 1. The summed E-state index contributed by atoms with van der Waals surface area (Å²) in [6, 6.07) is 13.8. The predicted molar refractivity (Wildman–Crippen MR) is 89.7 cm³/mol. The van der Waals surface area contributed by atoms with Crippen molar-refractivity contribution in [2.75, 3.05) is 6.54 Å². The van der Waals surface area contributed by atoms with Crippen molar-refractivity contribution < 1.29 is 13.9 Å². The van der Waals surface area contributed by atoms with Crippen molar-refractivity contribution in [1.29, 1.82) is 0 Å². The van der Waals surface area contributed by atoms with Gasteiger partial charge in [-0.25, -0.2) is 9.37 Å². The average molecular weight is 326 g/mol. The van der Waals surface area contributed by atoms with Gasteiger partial charge in [-0.2, -0.15) is 0 Å². The molecule has 1 heterocycles. The average Bonchev–Trinajstić information content (AvgIpc) is 3.05. The molecule has 0 radical (unpaired) electrons. The molecular weight excluding hydrogens is 307 g/mol. The van der Waals surface area contributed by atoms with Crippen LogP contribution in [0.5, 0.6) is 0 Å². The van der Waals surface area contributed by atoms with Gasteiger partial charge in [-0.05, 0) is 36.8 Å². The van der Waals surface area contributed by atoms with E-state index >= 15 is 0 Å². The van der Waals surface area contributed by atoms with E-state index in [1.807, 2.05) is 31.2 Å². The van der Waals surface area contributed by atoms with Crippen LogP contribution in [0.3, 0.4) is 0 Å². The molecule has 1 atom stereocenters. The third-order valence-corrected chi connectivity index (χ3v) is 3.75. The van der Waals surface area contributed by atoms with Crippen LogP contribution in [0.2, 0.25) is 0 Å². The third-order valence-electron chi connectivity index (χ3n) is 3.75. The molecule has 0 aliphatic heterocycles. The number of rotatable bonds is 6. The van der Waals surface area contributed by atoms with Crippen LogP contribution in [0.1, 0.15) is 22.9 Å². The molecule has 0 aliphatic rings. The zero-order valence-electron chi connectivity index (χ0n) is 13.4. The van der Waals surface area contributed by atoms with E-state index in [0.717, 1.165) is 11.3 Å². The number of halogens is 1. The molecule has 0 spiro atoms. The molecule has 0 saturated heterocycles. The number of oxazole rings is 1. The van der Waals surface area contributed by atoms with Crippen LogP contribution in [0.25, 0.3) is 11.5 Å². The molecule has 1 aromatic heterocycles. The summed E-state index contributed by atoms with van der Waals surface area (Å²) in [7, 11) is 0. The van der Waals surface area contributed by atoms with E-state index in [2.05, 4.69) is 10.3 Å². The second kappa shape index (κ2) is 7.38. The molecule has 0 saturated carbocycles. The fraction of sp³-hybridized carbons (Fsp3) is 0.211. The Labute approximate surface area is 140 Å². The first-order valence-corrected chi connectivity index (χ1v) is 7.77. The molecule has 1 unspecified atom stereocenters. The van der Waals surface area contributed by atoms with Gasteiger partial charge in [-0.1, -0.05) is 29.8 Å². The van der Waals surface area contributed by atoms with Crippen LogP contribution in [-0.4, -0.2) is 16.6 Å². The number of aromatic nitrogens is 1. The van der Waals surface area contributed by atoms with Gasteiger partial charge < -0.3 is 14.8 Å². The normalized spacial score (nSPS) is 12.3. The minimum atomic E-state index is -0.700. The van der Waals surface area contributed by atoms with Crippen molar-refractivity contribution in [2.24, 2.45) is 0 Å². The fourth-order valence-electron chi connectivity index (χ4n) is 2.36. The Kier molecular flexibility index (Phi) is 5.03. The summed E-state index contributed by atoms with van der Waals surface area (Å²) in [5.41, 5.74) is 3.54. The molecule has 2 aromatic carbocycles. The maximum Gasteiger partial charge on any atom is 0.226 e. The first kappa shape index (κ1) is 16.4. The van der Waals surface area contributed by atoms with Crippen LogP contribution >= 0.6 is 0 Å². The monoisotopic (exact) mass is 326 g/mol. The lowest BCUT2D eigenvalue weighted by atomic mass is 10.1. The summed E-state index contributed by atoms with van der Waals surface area (Å²) in [4.78, 5) is 4.43. The number of aryl methyl sites for hydroxylation is 1. The predicted octanol–water partition coefficient (Wildman–Crippen LogP) is 3.61. The molecular formula is C19H19FN2O2. The Morgan fingerprint density at radius 3 is 2.54 bits per heavy atom. The van der Waals surface area contributed by atoms with Crippen LogP contribution in [0.4, 0.5) is 4.39 Å². The molecule has 4 nitrogen and oxygen atoms in total. The Bertz CT molecular complexity index is 782. The van der Waals surface area contributed by atoms with Crippen molar-refractivity contribution in [2.45, 2.75) is 19.6 Å². The lowest BCUT2D eigenvalue weighted by molar-refractivity contribution is 0.174. The number of hydrogen-bond acceptors (Lipinski definition) is 4. The Balaban J connectivity index is 1.54.